The van der Waals surface area contributed by atoms with E-state index < -0.39 is 0 Å². The van der Waals surface area contributed by atoms with Gasteiger partial charge in [-0.1, -0.05) is 26.2 Å². The van der Waals surface area contributed by atoms with Crippen LogP contribution >= 0.6 is 0 Å². The summed E-state index contributed by atoms with van der Waals surface area (Å²) in [5.74, 6) is 1.68. The van der Waals surface area contributed by atoms with E-state index >= 15 is 0 Å². The fraction of sp³-hybridized carbons (Fsp3) is 1.00. The Labute approximate surface area is 117 Å². The first-order valence-electron chi connectivity index (χ1n) is 8.17. The second-order valence-electron chi connectivity index (χ2n) is 6.36. The predicted molar refractivity (Wildman–Crippen MR) is 75.9 cm³/mol. The van der Waals surface area contributed by atoms with Crippen molar-refractivity contribution in [1.82, 2.24) is 0 Å². The number of aliphatic hydroxyl groups excluding tert-OH is 1. The molecule has 1 aliphatic carbocycles. The van der Waals surface area contributed by atoms with Gasteiger partial charge >= 0.3 is 0 Å². The van der Waals surface area contributed by atoms with Crippen molar-refractivity contribution in [3.05, 3.63) is 0 Å². The van der Waals surface area contributed by atoms with E-state index in [-0.39, 0.29) is 6.29 Å². The van der Waals surface area contributed by atoms with E-state index in [0.717, 1.165) is 38.9 Å². The van der Waals surface area contributed by atoms with Crippen LogP contribution in [0.1, 0.15) is 58.3 Å². The highest BCUT2D eigenvalue weighted by atomic mass is 16.7. The summed E-state index contributed by atoms with van der Waals surface area (Å²) in [5, 5.41) is 9.16. The molecule has 0 aromatic carbocycles. The minimum atomic E-state index is 0.0297. The Morgan fingerprint density at radius 1 is 0.947 bits per heavy atom. The van der Waals surface area contributed by atoms with Gasteiger partial charge in [-0.05, 0) is 38.0 Å². The van der Waals surface area contributed by atoms with Crippen LogP contribution in [-0.4, -0.2) is 31.2 Å². The first-order valence-corrected chi connectivity index (χ1v) is 8.17. The fourth-order valence-corrected chi connectivity index (χ4v) is 3.32. The Balaban J connectivity index is 1.63. The van der Waals surface area contributed by atoms with E-state index in [1.54, 1.807) is 0 Å². The van der Waals surface area contributed by atoms with E-state index in [2.05, 4.69) is 6.92 Å². The first kappa shape index (κ1) is 15.3. The monoisotopic (exact) mass is 270 g/mol. The summed E-state index contributed by atoms with van der Waals surface area (Å²) in [6.07, 6.45) is 9.75. The van der Waals surface area contributed by atoms with Crippen LogP contribution in [0.4, 0.5) is 0 Å². The number of hydrogen-bond donors (Lipinski definition) is 1. The minimum absolute atomic E-state index is 0.0297. The van der Waals surface area contributed by atoms with Crippen LogP contribution in [0, 0.1) is 17.8 Å². The van der Waals surface area contributed by atoms with Gasteiger partial charge in [0.2, 0.25) is 0 Å². The van der Waals surface area contributed by atoms with Crippen molar-refractivity contribution >= 4 is 0 Å². The topological polar surface area (TPSA) is 38.7 Å². The average molecular weight is 270 g/mol. The number of aliphatic hydroxyl groups is 1. The molecule has 2 aliphatic rings. The Morgan fingerprint density at radius 2 is 1.63 bits per heavy atom. The Kier molecular flexibility index (Phi) is 6.62. The van der Waals surface area contributed by atoms with Crippen LogP contribution in [0.5, 0.6) is 0 Å². The van der Waals surface area contributed by atoms with Gasteiger partial charge in [0.1, 0.15) is 0 Å². The lowest BCUT2D eigenvalue weighted by atomic mass is 9.82. The lowest BCUT2D eigenvalue weighted by Crippen LogP contribution is -2.38. The number of ether oxygens (including phenoxy) is 2. The maximum Gasteiger partial charge on any atom is 0.160 e. The molecular weight excluding hydrogens is 240 g/mol. The Bertz CT molecular complexity index is 228. The van der Waals surface area contributed by atoms with Crippen LogP contribution in [0.25, 0.3) is 0 Å². The van der Waals surface area contributed by atoms with Gasteiger partial charge in [-0.25, -0.2) is 0 Å². The van der Waals surface area contributed by atoms with Gasteiger partial charge in [-0.15, -0.1) is 0 Å². The molecule has 3 nitrogen and oxygen atoms in total. The van der Waals surface area contributed by atoms with Gasteiger partial charge in [0.25, 0.3) is 0 Å². The molecule has 0 bridgehead atoms. The van der Waals surface area contributed by atoms with E-state index in [4.69, 9.17) is 14.6 Å². The fourth-order valence-electron chi connectivity index (χ4n) is 3.32. The molecule has 1 saturated carbocycles. The quantitative estimate of drug-likeness (QED) is 0.752. The van der Waals surface area contributed by atoms with E-state index in [1.165, 1.54) is 25.7 Å². The molecule has 19 heavy (non-hydrogen) atoms. The zero-order valence-corrected chi connectivity index (χ0v) is 12.4. The molecule has 0 atom stereocenters. The summed E-state index contributed by atoms with van der Waals surface area (Å²) < 4.78 is 11.9. The van der Waals surface area contributed by atoms with Gasteiger partial charge in [-0.2, -0.15) is 0 Å². The molecule has 2 fully saturated rings. The van der Waals surface area contributed by atoms with Gasteiger partial charge in [-0.3, -0.25) is 0 Å². The highest BCUT2D eigenvalue weighted by Crippen LogP contribution is 2.34. The normalized spacial score (nSPS) is 36.3. The van der Waals surface area contributed by atoms with Gasteiger partial charge in [0.05, 0.1) is 13.2 Å². The second kappa shape index (κ2) is 8.23. The highest BCUT2D eigenvalue weighted by molar-refractivity contribution is 4.76. The molecule has 1 N–H and O–H groups in total. The lowest BCUT2D eigenvalue weighted by molar-refractivity contribution is -0.230. The summed E-state index contributed by atoms with van der Waals surface area (Å²) in [4.78, 5) is 0. The third-order valence-electron chi connectivity index (χ3n) is 4.74. The maximum atomic E-state index is 9.16. The number of hydrogen-bond acceptors (Lipinski definition) is 3. The molecular formula is C16H30O3. The zero-order chi connectivity index (χ0) is 13.5. The average Bonchev–Trinajstić information content (AvgIpc) is 2.48. The summed E-state index contributed by atoms with van der Waals surface area (Å²) in [6.45, 7) is 4.36. The standard InChI is InChI=1S/C16H30O3/c1-2-3-4-5-14-11-18-16(19-12-14)15-8-6-13(10-17)7-9-15/h13-17H,2-12H2,1H3. The first-order chi connectivity index (χ1) is 9.33. The molecule has 0 unspecified atom stereocenters. The maximum absolute atomic E-state index is 9.16. The summed E-state index contributed by atoms with van der Waals surface area (Å²) >= 11 is 0. The van der Waals surface area contributed by atoms with Crippen LogP contribution in [0.15, 0.2) is 0 Å². The van der Waals surface area contributed by atoms with E-state index in [0.29, 0.717) is 24.4 Å². The molecule has 2 rings (SSSR count). The molecule has 0 aromatic heterocycles. The molecule has 1 heterocycles. The van der Waals surface area contributed by atoms with Gasteiger partial charge in [0, 0.05) is 18.4 Å². The van der Waals surface area contributed by atoms with Crippen molar-refractivity contribution in [1.29, 1.82) is 0 Å². The number of unbranched alkanes of at least 4 members (excludes halogenated alkanes) is 2. The Hall–Kier alpha value is -0.120. The molecule has 112 valence electrons. The largest absolute Gasteiger partial charge is 0.396 e. The predicted octanol–water partition coefficient (Wildman–Crippen LogP) is 3.35. The second-order valence-corrected chi connectivity index (χ2v) is 6.36. The Morgan fingerprint density at radius 3 is 2.21 bits per heavy atom. The molecule has 3 heteroatoms. The van der Waals surface area contributed by atoms with Crippen molar-refractivity contribution in [2.75, 3.05) is 19.8 Å². The van der Waals surface area contributed by atoms with Crippen molar-refractivity contribution < 1.29 is 14.6 Å². The van der Waals surface area contributed by atoms with Gasteiger partial charge < -0.3 is 14.6 Å². The molecule has 0 radical (unpaired) electrons. The molecule has 0 aromatic rings. The summed E-state index contributed by atoms with van der Waals surface area (Å²) in [6, 6.07) is 0. The zero-order valence-electron chi connectivity index (χ0n) is 12.4. The molecule has 1 saturated heterocycles. The van der Waals surface area contributed by atoms with Crippen molar-refractivity contribution in [3.8, 4) is 0 Å². The third-order valence-corrected chi connectivity index (χ3v) is 4.74. The molecule has 0 amide bonds. The van der Waals surface area contributed by atoms with Crippen molar-refractivity contribution in [2.24, 2.45) is 17.8 Å². The smallest absolute Gasteiger partial charge is 0.160 e. The van der Waals surface area contributed by atoms with Crippen LogP contribution in [0.3, 0.4) is 0 Å². The van der Waals surface area contributed by atoms with Crippen LogP contribution in [-0.2, 0) is 9.47 Å². The van der Waals surface area contributed by atoms with E-state index in [9.17, 15) is 0 Å². The van der Waals surface area contributed by atoms with E-state index in [1.807, 2.05) is 0 Å². The van der Waals surface area contributed by atoms with Crippen LogP contribution in [0.2, 0.25) is 0 Å². The lowest BCUT2D eigenvalue weighted by Gasteiger charge is -2.37. The molecule has 1 aliphatic heterocycles. The summed E-state index contributed by atoms with van der Waals surface area (Å²) in [7, 11) is 0. The third kappa shape index (κ3) is 4.73. The number of rotatable bonds is 6. The SMILES string of the molecule is CCCCCC1COC(C2CCC(CO)CC2)OC1. The van der Waals surface area contributed by atoms with Gasteiger partial charge in [0.15, 0.2) is 6.29 Å². The van der Waals surface area contributed by atoms with Crippen LogP contribution < -0.4 is 0 Å². The minimum Gasteiger partial charge on any atom is -0.396 e. The highest BCUT2D eigenvalue weighted by Gasteiger charge is 2.32. The summed E-state index contributed by atoms with van der Waals surface area (Å²) in [5.41, 5.74) is 0. The van der Waals surface area contributed by atoms with Crippen molar-refractivity contribution in [3.63, 3.8) is 0 Å². The molecule has 0 spiro atoms. The van der Waals surface area contributed by atoms with Crippen molar-refractivity contribution in [2.45, 2.75) is 64.6 Å².